The minimum atomic E-state index is -0.780. The lowest BCUT2D eigenvalue weighted by atomic mass is 10.7. The largest absolute Gasteiger partial charge is 0.481 e. The lowest BCUT2D eigenvalue weighted by molar-refractivity contribution is -0.133. The van der Waals surface area contributed by atoms with Crippen molar-refractivity contribution in [3.63, 3.8) is 0 Å². The molecule has 0 radical (unpaired) electrons. The quantitative estimate of drug-likeness (QED) is 0.471. The second-order valence-electron chi connectivity index (χ2n) is 1.31. The highest BCUT2D eigenvalue weighted by Gasteiger charge is 1.92. The Morgan fingerprint density at radius 1 is 1.78 bits per heavy atom. The number of hydrogen-bond acceptors (Lipinski definition) is 2. The molecule has 2 nitrogen and oxygen atoms in total. The van der Waals surface area contributed by atoms with Gasteiger partial charge in [-0.25, -0.2) is 0 Å². The molecule has 0 saturated heterocycles. The van der Waals surface area contributed by atoms with E-state index in [1.807, 2.05) is 0 Å². The molecule has 0 amide bonds. The zero-order chi connectivity index (χ0) is 7.11. The summed E-state index contributed by atoms with van der Waals surface area (Å²) in [6.07, 6.45) is 0. The maximum atomic E-state index is 9.89. The minimum Gasteiger partial charge on any atom is -0.481 e. The van der Waals surface area contributed by atoms with E-state index in [1.54, 1.807) is 6.92 Å². The first kappa shape index (κ1) is 8.38. The molecule has 50 valence electrons. The monoisotopic (exact) mass is 144 g/mol. The van der Waals surface area contributed by atoms with Crippen LogP contribution in [-0.4, -0.2) is 22.6 Å². The summed E-state index contributed by atoms with van der Waals surface area (Å²) in [4.78, 5) is 9.89. The topological polar surface area (TPSA) is 37.3 Å². The first-order chi connectivity index (χ1) is 4.27. The molecule has 0 bridgehead atoms. The van der Waals surface area contributed by atoms with Crippen LogP contribution in [0.1, 0.15) is 6.92 Å². The molecule has 0 aliphatic rings. The molecule has 0 aromatic rings. The van der Waals surface area contributed by atoms with Gasteiger partial charge in [0, 0.05) is 0 Å². The summed E-state index contributed by atoms with van der Waals surface area (Å²) < 4.78 is 0. The normalized spacial score (nSPS) is 7.67. The number of carboxylic acids is 1. The highest BCUT2D eigenvalue weighted by Crippen LogP contribution is 1.95. The first-order valence-corrected chi connectivity index (χ1v) is 3.62. The van der Waals surface area contributed by atoms with Gasteiger partial charge in [0.05, 0.1) is 11.5 Å². The van der Waals surface area contributed by atoms with E-state index in [4.69, 9.17) is 5.11 Å². The van der Waals surface area contributed by atoms with Crippen molar-refractivity contribution in [1.82, 2.24) is 0 Å². The van der Waals surface area contributed by atoms with E-state index >= 15 is 0 Å². The lowest BCUT2D eigenvalue weighted by Crippen LogP contribution is -1.97. The molecule has 0 fully saturated rings. The summed E-state index contributed by atoms with van der Waals surface area (Å²) in [6, 6.07) is 0. The molecule has 0 aliphatic heterocycles. The van der Waals surface area contributed by atoms with E-state index in [0.717, 1.165) is 0 Å². The standard InChI is InChI=1S/C6H8O2S/c1-2-3-4-9-5-6(7)8/h4-5H2,1H3,(H,7,8). The van der Waals surface area contributed by atoms with Crippen LogP contribution in [-0.2, 0) is 4.79 Å². The Balaban J connectivity index is 3.07. The molecular formula is C6H8O2S. The maximum absolute atomic E-state index is 9.89. The van der Waals surface area contributed by atoms with Gasteiger partial charge in [0.15, 0.2) is 0 Å². The predicted molar refractivity (Wildman–Crippen MR) is 38.4 cm³/mol. The second-order valence-corrected chi connectivity index (χ2v) is 2.30. The van der Waals surface area contributed by atoms with Gasteiger partial charge in [-0.1, -0.05) is 5.92 Å². The molecule has 0 saturated carbocycles. The van der Waals surface area contributed by atoms with Gasteiger partial charge in [0.1, 0.15) is 0 Å². The number of carbonyl (C=O) groups is 1. The van der Waals surface area contributed by atoms with E-state index in [0.29, 0.717) is 5.75 Å². The highest BCUT2D eigenvalue weighted by molar-refractivity contribution is 8.00. The van der Waals surface area contributed by atoms with Gasteiger partial charge in [-0.2, -0.15) is 0 Å². The van der Waals surface area contributed by atoms with E-state index in [9.17, 15) is 4.79 Å². The molecule has 0 aromatic carbocycles. The van der Waals surface area contributed by atoms with Crippen molar-refractivity contribution in [2.24, 2.45) is 0 Å². The van der Waals surface area contributed by atoms with E-state index < -0.39 is 5.97 Å². The van der Waals surface area contributed by atoms with Crippen molar-refractivity contribution in [3.8, 4) is 11.8 Å². The molecule has 0 aromatic heterocycles. The predicted octanol–water partition coefficient (Wildman–Crippen LogP) is 0.828. The molecule has 0 spiro atoms. The van der Waals surface area contributed by atoms with Gasteiger partial charge < -0.3 is 5.11 Å². The Hall–Kier alpha value is -0.620. The molecule has 1 N–H and O–H groups in total. The fourth-order valence-electron chi connectivity index (χ4n) is 0.262. The van der Waals surface area contributed by atoms with Crippen molar-refractivity contribution in [2.75, 3.05) is 11.5 Å². The Kier molecular flexibility index (Phi) is 5.14. The van der Waals surface area contributed by atoms with Crippen molar-refractivity contribution in [2.45, 2.75) is 6.92 Å². The second kappa shape index (κ2) is 5.52. The van der Waals surface area contributed by atoms with Gasteiger partial charge in [-0.3, -0.25) is 4.79 Å². The third kappa shape index (κ3) is 7.38. The van der Waals surface area contributed by atoms with Crippen molar-refractivity contribution < 1.29 is 9.90 Å². The van der Waals surface area contributed by atoms with Gasteiger partial charge in [-0.15, -0.1) is 17.7 Å². The molecule has 3 heteroatoms. The van der Waals surface area contributed by atoms with Crippen LogP contribution < -0.4 is 0 Å². The van der Waals surface area contributed by atoms with Crippen molar-refractivity contribution in [3.05, 3.63) is 0 Å². The maximum Gasteiger partial charge on any atom is 0.313 e. The first-order valence-electron chi connectivity index (χ1n) is 2.46. The van der Waals surface area contributed by atoms with Gasteiger partial charge in [0.2, 0.25) is 0 Å². The van der Waals surface area contributed by atoms with Gasteiger partial charge in [0.25, 0.3) is 0 Å². The summed E-state index contributed by atoms with van der Waals surface area (Å²) in [5, 5.41) is 8.14. The number of carboxylic acid groups (broad SMARTS) is 1. The van der Waals surface area contributed by atoms with E-state index in [-0.39, 0.29) is 5.75 Å². The fraction of sp³-hybridized carbons (Fsp3) is 0.500. The zero-order valence-electron chi connectivity index (χ0n) is 5.18. The third-order valence-corrected chi connectivity index (χ3v) is 1.38. The van der Waals surface area contributed by atoms with Crippen LogP contribution in [0.15, 0.2) is 0 Å². The summed E-state index contributed by atoms with van der Waals surface area (Å²) >= 11 is 1.31. The lowest BCUT2D eigenvalue weighted by Gasteiger charge is -1.86. The smallest absolute Gasteiger partial charge is 0.313 e. The van der Waals surface area contributed by atoms with Crippen LogP contribution in [0.25, 0.3) is 0 Å². The van der Waals surface area contributed by atoms with Crippen LogP contribution in [0.2, 0.25) is 0 Å². The Labute approximate surface area is 58.6 Å². The minimum absolute atomic E-state index is 0.147. The molecular weight excluding hydrogens is 136 g/mol. The van der Waals surface area contributed by atoms with Crippen LogP contribution in [0.4, 0.5) is 0 Å². The number of hydrogen-bond donors (Lipinski definition) is 1. The zero-order valence-corrected chi connectivity index (χ0v) is 5.99. The molecule has 0 unspecified atom stereocenters. The van der Waals surface area contributed by atoms with Gasteiger partial charge in [-0.05, 0) is 6.92 Å². The average molecular weight is 144 g/mol. The molecule has 0 aliphatic carbocycles. The number of aliphatic carboxylic acids is 1. The summed E-state index contributed by atoms with van der Waals surface area (Å²) in [5.74, 6) is 5.41. The Morgan fingerprint density at radius 3 is 2.89 bits per heavy atom. The number of thioether (sulfide) groups is 1. The fourth-order valence-corrected chi connectivity index (χ4v) is 0.785. The third-order valence-electron chi connectivity index (χ3n) is 0.577. The Morgan fingerprint density at radius 2 is 2.44 bits per heavy atom. The van der Waals surface area contributed by atoms with Gasteiger partial charge >= 0.3 is 5.97 Å². The molecule has 0 heterocycles. The SMILES string of the molecule is CC#CCSCC(=O)O. The molecule has 0 atom stereocenters. The summed E-state index contributed by atoms with van der Waals surface area (Å²) in [5.41, 5.74) is 0. The summed E-state index contributed by atoms with van der Waals surface area (Å²) in [6.45, 7) is 1.74. The van der Waals surface area contributed by atoms with Crippen LogP contribution in [0.3, 0.4) is 0 Å². The summed E-state index contributed by atoms with van der Waals surface area (Å²) in [7, 11) is 0. The molecule has 9 heavy (non-hydrogen) atoms. The highest BCUT2D eigenvalue weighted by atomic mass is 32.2. The van der Waals surface area contributed by atoms with E-state index in [2.05, 4.69) is 11.8 Å². The van der Waals surface area contributed by atoms with Crippen LogP contribution >= 0.6 is 11.8 Å². The number of rotatable bonds is 3. The Bertz CT molecular complexity index is 143. The molecule has 0 rings (SSSR count). The van der Waals surface area contributed by atoms with Crippen molar-refractivity contribution >= 4 is 17.7 Å². The van der Waals surface area contributed by atoms with Crippen LogP contribution in [0.5, 0.6) is 0 Å². The van der Waals surface area contributed by atoms with E-state index in [1.165, 1.54) is 11.8 Å². The average Bonchev–Trinajstić information content (AvgIpc) is 1.80. The van der Waals surface area contributed by atoms with Crippen LogP contribution in [0, 0.1) is 11.8 Å². The van der Waals surface area contributed by atoms with Crippen molar-refractivity contribution in [1.29, 1.82) is 0 Å².